The summed E-state index contributed by atoms with van der Waals surface area (Å²) in [6, 6.07) is 4.60. The summed E-state index contributed by atoms with van der Waals surface area (Å²) in [6.45, 7) is 7.81. The summed E-state index contributed by atoms with van der Waals surface area (Å²) >= 11 is 3.43. The molecule has 0 saturated carbocycles. The maximum atomic E-state index is 13.4. The number of nitrogens with one attached hydrogen (secondary N) is 2. The molecule has 0 atom stereocenters. The van der Waals surface area contributed by atoms with Gasteiger partial charge in [0.2, 0.25) is 0 Å². The first-order valence-corrected chi connectivity index (χ1v) is 9.30. The van der Waals surface area contributed by atoms with Gasteiger partial charge in [0.05, 0.1) is 12.2 Å². The lowest BCUT2D eigenvalue weighted by atomic mass is 10.1. The highest BCUT2D eigenvalue weighted by atomic mass is 127. The third kappa shape index (κ3) is 6.22. The SMILES string of the molecule is CCNC(=NCc1cc(F)ccc1Br)NCc1c(CC)noc1CC.I. The zero-order valence-electron chi connectivity index (χ0n) is 15.2. The van der Waals surface area contributed by atoms with Crippen LogP contribution in [0.25, 0.3) is 0 Å². The van der Waals surface area contributed by atoms with Gasteiger partial charge in [0.1, 0.15) is 11.6 Å². The summed E-state index contributed by atoms with van der Waals surface area (Å²) in [5.74, 6) is 1.30. The van der Waals surface area contributed by atoms with Gasteiger partial charge in [-0.2, -0.15) is 0 Å². The Balaban J connectivity index is 0.00000338. The van der Waals surface area contributed by atoms with Crippen molar-refractivity contribution >= 4 is 45.9 Å². The molecule has 2 N–H and O–H groups in total. The van der Waals surface area contributed by atoms with Crippen LogP contribution < -0.4 is 10.6 Å². The predicted molar refractivity (Wildman–Crippen MR) is 116 cm³/mol. The molecule has 0 amide bonds. The minimum Gasteiger partial charge on any atom is -0.361 e. The second kappa shape index (κ2) is 11.5. The third-order valence-corrected chi connectivity index (χ3v) is 4.57. The molecule has 26 heavy (non-hydrogen) atoms. The maximum Gasteiger partial charge on any atom is 0.191 e. The molecule has 0 fully saturated rings. The molecule has 0 spiro atoms. The summed E-state index contributed by atoms with van der Waals surface area (Å²) in [7, 11) is 0. The zero-order valence-corrected chi connectivity index (χ0v) is 19.2. The molecule has 5 nitrogen and oxygen atoms in total. The molecule has 0 aliphatic carbocycles. The van der Waals surface area contributed by atoms with Crippen LogP contribution in [0.5, 0.6) is 0 Å². The van der Waals surface area contributed by atoms with Crippen LogP contribution in [0.15, 0.2) is 32.2 Å². The van der Waals surface area contributed by atoms with Crippen molar-refractivity contribution < 1.29 is 8.91 Å². The van der Waals surface area contributed by atoms with E-state index in [4.69, 9.17) is 4.52 Å². The Bertz CT molecular complexity index is 714. The van der Waals surface area contributed by atoms with E-state index in [1.807, 2.05) is 13.8 Å². The van der Waals surface area contributed by atoms with Gasteiger partial charge in [0, 0.05) is 29.5 Å². The lowest BCUT2D eigenvalue weighted by Gasteiger charge is -2.12. The van der Waals surface area contributed by atoms with Crippen LogP contribution in [0, 0.1) is 5.82 Å². The van der Waals surface area contributed by atoms with E-state index < -0.39 is 0 Å². The second-order valence-corrected chi connectivity index (χ2v) is 6.38. The third-order valence-electron chi connectivity index (χ3n) is 3.80. The van der Waals surface area contributed by atoms with E-state index in [1.165, 1.54) is 12.1 Å². The Morgan fingerprint density at radius 1 is 1.23 bits per heavy atom. The molecule has 0 aliphatic rings. The molecule has 1 aromatic carbocycles. The number of nitrogens with zero attached hydrogens (tertiary/aromatic N) is 2. The van der Waals surface area contributed by atoms with Gasteiger partial charge in [-0.05, 0) is 37.1 Å². The Morgan fingerprint density at radius 2 is 2.00 bits per heavy atom. The predicted octanol–water partition coefficient (Wildman–Crippen LogP) is 4.57. The van der Waals surface area contributed by atoms with Gasteiger partial charge in [-0.1, -0.05) is 34.9 Å². The van der Waals surface area contributed by atoms with Gasteiger partial charge in [-0.3, -0.25) is 0 Å². The molecular formula is C18H25BrFIN4O. The molecule has 144 valence electrons. The van der Waals surface area contributed by atoms with Gasteiger partial charge in [0.15, 0.2) is 5.96 Å². The first kappa shape index (κ1) is 22.9. The average molecular weight is 539 g/mol. The van der Waals surface area contributed by atoms with Crippen molar-refractivity contribution in [1.29, 1.82) is 0 Å². The molecule has 0 aliphatic heterocycles. The fraction of sp³-hybridized carbons (Fsp3) is 0.444. The number of rotatable bonds is 7. The number of benzene rings is 1. The lowest BCUT2D eigenvalue weighted by Crippen LogP contribution is -2.37. The van der Waals surface area contributed by atoms with Crippen molar-refractivity contribution in [2.45, 2.75) is 46.7 Å². The smallest absolute Gasteiger partial charge is 0.191 e. The number of halogens is 3. The molecule has 8 heteroatoms. The summed E-state index contributed by atoms with van der Waals surface area (Å²) in [5.41, 5.74) is 2.85. The van der Waals surface area contributed by atoms with E-state index in [0.717, 1.165) is 46.4 Å². The van der Waals surface area contributed by atoms with E-state index in [2.05, 4.69) is 43.6 Å². The van der Waals surface area contributed by atoms with Crippen LogP contribution in [-0.2, 0) is 25.9 Å². The van der Waals surface area contributed by atoms with Crippen LogP contribution in [0.2, 0.25) is 0 Å². The summed E-state index contributed by atoms with van der Waals surface area (Å²) in [5, 5.41) is 10.6. The quantitative estimate of drug-likeness (QED) is 0.308. The van der Waals surface area contributed by atoms with Crippen LogP contribution in [0.3, 0.4) is 0 Å². The van der Waals surface area contributed by atoms with Crippen molar-refractivity contribution in [1.82, 2.24) is 15.8 Å². The van der Waals surface area contributed by atoms with E-state index in [1.54, 1.807) is 6.07 Å². The van der Waals surface area contributed by atoms with Gasteiger partial charge >= 0.3 is 0 Å². The van der Waals surface area contributed by atoms with Crippen LogP contribution in [0.1, 0.15) is 43.4 Å². The molecular weight excluding hydrogens is 514 g/mol. The van der Waals surface area contributed by atoms with E-state index in [-0.39, 0.29) is 29.8 Å². The van der Waals surface area contributed by atoms with Gasteiger partial charge < -0.3 is 15.2 Å². The fourth-order valence-electron chi connectivity index (χ4n) is 2.48. The van der Waals surface area contributed by atoms with Crippen LogP contribution in [-0.4, -0.2) is 17.7 Å². The van der Waals surface area contributed by atoms with Crippen molar-refractivity contribution in [2.75, 3.05) is 6.54 Å². The first-order chi connectivity index (χ1) is 12.1. The van der Waals surface area contributed by atoms with Gasteiger partial charge in [-0.15, -0.1) is 24.0 Å². The van der Waals surface area contributed by atoms with Gasteiger partial charge in [-0.25, -0.2) is 9.38 Å². The zero-order chi connectivity index (χ0) is 18.2. The van der Waals surface area contributed by atoms with Crippen LogP contribution in [0.4, 0.5) is 4.39 Å². The molecule has 0 saturated heterocycles. The van der Waals surface area contributed by atoms with Crippen molar-refractivity contribution in [3.8, 4) is 0 Å². The van der Waals surface area contributed by atoms with E-state index >= 15 is 0 Å². The van der Waals surface area contributed by atoms with E-state index in [0.29, 0.717) is 19.0 Å². The Labute approximate surface area is 179 Å². The Hall–Kier alpha value is -1.16. The lowest BCUT2D eigenvalue weighted by molar-refractivity contribution is 0.380. The number of guanidine groups is 1. The molecule has 1 aromatic heterocycles. The summed E-state index contributed by atoms with van der Waals surface area (Å²) in [6.07, 6.45) is 1.62. The number of hydrogen-bond donors (Lipinski definition) is 2. The van der Waals surface area contributed by atoms with Gasteiger partial charge in [0.25, 0.3) is 0 Å². The highest BCUT2D eigenvalue weighted by Crippen LogP contribution is 2.19. The van der Waals surface area contributed by atoms with Crippen molar-refractivity contribution in [2.24, 2.45) is 4.99 Å². The topological polar surface area (TPSA) is 62.5 Å². The number of aryl methyl sites for hydroxylation is 2. The highest BCUT2D eigenvalue weighted by molar-refractivity contribution is 14.0. The molecule has 2 aromatic rings. The summed E-state index contributed by atoms with van der Waals surface area (Å²) < 4.78 is 19.6. The largest absolute Gasteiger partial charge is 0.361 e. The highest BCUT2D eigenvalue weighted by Gasteiger charge is 2.13. The molecule has 0 bridgehead atoms. The monoisotopic (exact) mass is 538 g/mol. The Morgan fingerprint density at radius 3 is 2.65 bits per heavy atom. The normalized spacial score (nSPS) is 11.2. The van der Waals surface area contributed by atoms with Crippen LogP contribution >= 0.6 is 39.9 Å². The van der Waals surface area contributed by atoms with Crippen molar-refractivity contribution in [3.05, 3.63) is 51.1 Å². The summed E-state index contributed by atoms with van der Waals surface area (Å²) in [4.78, 5) is 4.54. The first-order valence-electron chi connectivity index (χ1n) is 8.51. The average Bonchev–Trinajstić information content (AvgIpc) is 3.02. The number of hydrogen-bond acceptors (Lipinski definition) is 3. The standard InChI is InChI=1S/C18H24BrFN4O.HI/c1-4-16-14(17(5-2)25-24-16)11-23-18(21-6-3)22-10-12-9-13(20)7-8-15(12)19;/h7-9H,4-6,10-11H2,1-3H3,(H2,21,22,23);1H. The molecule has 0 radical (unpaired) electrons. The molecule has 1 heterocycles. The van der Waals surface area contributed by atoms with Crippen molar-refractivity contribution in [3.63, 3.8) is 0 Å². The number of aromatic nitrogens is 1. The van der Waals surface area contributed by atoms with E-state index in [9.17, 15) is 4.39 Å². The minimum absolute atomic E-state index is 0. The molecule has 0 unspecified atom stereocenters. The maximum absolute atomic E-state index is 13.4. The fourth-order valence-corrected chi connectivity index (χ4v) is 2.85. The second-order valence-electron chi connectivity index (χ2n) is 5.52. The Kier molecular flexibility index (Phi) is 10.1. The molecule has 2 rings (SSSR count). The number of aliphatic imine (C=N–C) groups is 1. The minimum atomic E-state index is -0.268.